The molecule has 0 spiro atoms. The molecule has 1 saturated carbocycles. The molecule has 0 aromatic rings. The Morgan fingerprint density at radius 1 is 1.24 bits per heavy atom. The fourth-order valence-electron chi connectivity index (χ4n) is 3.67. The third kappa shape index (κ3) is 3.34. The van der Waals surface area contributed by atoms with Crippen LogP contribution in [0.25, 0.3) is 0 Å². The molecule has 0 amide bonds. The lowest BCUT2D eigenvalue weighted by Gasteiger charge is -2.32. The molecular formula is C16H28O. The minimum atomic E-state index is -0.428. The molecule has 1 heteroatoms. The summed E-state index contributed by atoms with van der Waals surface area (Å²) < 4.78 is 0. The van der Waals surface area contributed by atoms with Gasteiger partial charge in [0.25, 0.3) is 0 Å². The van der Waals surface area contributed by atoms with Crippen LogP contribution in [0, 0.1) is 5.92 Å². The van der Waals surface area contributed by atoms with E-state index in [2.05, 4.69) is 13.0 Å². The quantitative estimate of drug-likeness (QED) is 0.561. The number of hydrogen-bond acceptors (Lipinski definition) is 1. The van der Waals surface area contributed by atoms with Crippen molar-refractivity contribution in [3.63, 3.8) is 0 Å². The van der Waals surface area contributed by atoms with Gasteiger partial charge in [-0.05, 0) is 62.9 Å². The molecule has 1 N–H and O–H groups in total. The number of allylic oxidation sites excluding steroid dienone is 1. The van der Waals surface area contributed by atoms with Crippen molar-refractivity contribution in [2.75, 3.05) is 0 Å². The molecule has 98 valence electrons. The summed E-state index contributed by atoms with van der Waals surface area (Å²) in [5.74, 6) is 0.873. The molecule has 2 unspecified atom stereocenters. The lowest BCUT2D eigenvalue weighted by Crippen LogP contribution is -2.31. The van der Waals surface area contributed by atoms with Gasteiger partial charge in [0.05, 0.1) is 5.60 Å². The van der Waals surface area contributed by atoms with Crippen molar-refractivity contribution in [3.8, 4) is 0 Å². The largest absolute Gasteiger partial charge is 0.386 e. The lowest BCUT2D eigenvalue weighted by molar-refractivity contribution is 0.0558. The van der Waals surface area contributed by atoms with Crippen LogP contribution in [0.4, 0.5) is 0 Å². The molecule has 0 aliphatic heterocycles. The molecule has 2 aliphatic carbocycles. The summed E-state index contributed by atoms with van der Waals surface area (Å²) in [6, 6.07) is 0. The predicted molar refractivity (Wildman–Crippen MR) is 73.0 cm³/mol. The van der Waals surface area contributed by atoms with Gasteiger partial charge in [-0.25, -0.2) is 0 Å². The summed E-state index contributed by atoms with van der Waals surface area (Å²) in [7, 11) is 0. The zero-order chi connectivity index (χ0) is 12.1. The van der Waals surface area contributed by atoms with E-state index in [9.17, 15) is 5.11 Å². The van der Waals surface area contributed by atoms with E-state index in [4.69, 9.17) is 0 Å². The molecule has 0 bridgehead atoms. The standard InChI is InChI=1S/C16H28O/c1-2-7-14-8-6-12-16(17,13-11-14)15-9-4-3-5-10-15/h9,14,17H,2-8,10-13H2,1H3. The third-order valence-corrected chi connectivity index (χ3v) is 4.75. The molecule has 2 atom stereocenters. The molecule has 0 saturated heterocycles. The van der Waals surface area contributed by atoms with E-state index in [1.807, 2.05) is 0 Å². The molecule has 0 heterocycles. The maximum atomic E-state index is 10.9. The maximum absolute atomic E-state index is 10.9. The van der Waals surface area contributed by atoms with Crippen molar-refractivity contribution in [1.82, 2.24) is 0 Å². The van der Waals surface area contributed by atoms with Gasteiger partial charge < -0.3 is 5.11 Å². The summed E-state index contributed by atoms with van der Waals surface area (Å²) in [5.41, 5.74) is 0.948. The minimum absolute atomic E-state index is 0.428. The van der Waals surface area contributed by atoms with E-state index in [0.29, 0.717) is 0 Å². The van der Waals surface area contributed by atoms with E-state index in [0.717, 1.165) is 25.2 Å². The van der Waals surface area contributed by atoms with E-state index in [1.165, 1.54) is 56.9 Å². The molecule has 17 heavy (non-hydrogen) atoms. The Hall–Kier alpha value is -0.300. The van der Waals surface area contributed by atoms with Gasteiger partial charge in [-0.15, -0.1) is 0 Å². The van der Waals surface area contributed by atoms with Crippen LogP contribution in [-0.2, 0) is 0 Å². The van der Waals surface area contributed by atoms with Crippen LogP contribution in [0.15, 0.2) is 11.6 Å². The van der Waals surface area contributed by atoms with Gasteiger partial charge in [0, 0.05) is 0 Å². The van der Waals surface area contributed by atoms with Crippen molar-refractivity contribution in [3.05, 3.63) is 11.6 Å². The highest BCUT2D eigenvalue weighted by Crippen LogP contribution is 2.39. The fraction of sp³-hybridized carbons (Fsp3) is 0.875. The molecule has 2 aliphatic rings. The second-order valence-corrected chi connectivity index (χ2v) is 6.09. The summed E-state index contributed by atoms with van der Waals surface area (Å²) in [6.07, 6.45) is 15.8. The van der Waals surface area contributed by atoms with Crippen LogP contribution >= 0.6 is 0 Å². The summed E-state index contributed by atoms with van der Waals surface area (Å²) in [6.45, 7) is 2.28. The molecule has 0 aromatic heterocycles. The maximum Gasteiger partial charge on any atom is 0.0856 e. The molecule has 0 radical (unpaired) electrons. The SMILES string of the molecule is CCCC1CCCC(O)(C2=CCCCC2)CC1. The average Bonchev–Trinajstić information content (AvgIpc) is 2.55. The van der Waals surface area contributed by atoms with Crippen molar-refractivity contribution >= 4 is 0 Å². The number of aliphatic hydroxyl groups is 1. The van der Waals surface area contributed by atoms with Crippen LogP contribution in [0.3, 0.4) is 0 Å². The molecule has 2 rings (SSSR count). The monoisotopic (exact) mass is 236 g/mol. The highest BCUT2D eigenvalue weighted by Gasteiger charge is 2.34. The Labute approximate surface area is 106 Å². The Bertz CT molecular complexity index is 269. The van der Waals surface area contributed by atoms with Crippen molar-refractivity contribution in [2.24, 2.45) is 5.92 Å². The van der Waals surface area contributed by atoms with Gasteiger partial charge in [-0.1, -0.05) is 32.3 Å². The minimum Gasteiger partial charge on any atom is -0.386 e. The Morgan fingerprint density at radius 3 is 2.82 bits per heavy atom. The van der Waals surface area contributed by atoms with Gasteiger partial charge in [0.2, 0.25) is 0 Å². The zero-order valence-electron chi connectivity index (χ0n) is 11.4. The van der Waals surface area contributed by atoms with Crippen LogP contribution in [0.2, 0.25) is 0 Å². The van der Waals surface area contributed by atoms with E-state index in [1.54, 1.807) is 0 Å². The van der Waals surface area contributed by atoms with Gasteiger partial charge in [0.1, 0.15) is 0 Å². The Balaban J connectivity index is 1.98. The predicted octanol–water partition coefficient (Wildman–Crippen LogP) is 4.60. The first kappa shape index (κ1) is 13.1. The van der Waals surface area contributed by atoms with Crippen LogP contribution < -0.4 is 0 Å². The van der Waals surface area contributed by atoms with E-state index >= 15 is 0 Å². The van der Waals surface area contributed by atoms with Gasteiger partial charge >= 0.3 is 0 Å². The normalized spacial score (nSPS) is 35.2. The summed E-state index contributed by atoms with van der Waals surface area (Å²) in [4.78, 5) is 0. The first-order chi connectivity index (χ1) is 8.24. The lowest BCUT2D eigenvalue weighted by atomic mass is 9.80. The van der Waals surface area contributed by atoms with Crippen molar-refractivity contribution in [1.29, 1.82) is 0 Å². The highest BCUT2D eigenvalue weighted by atomic mass is 16.3. The second kappa shape index (κ2) is 6.04. The number of hydrogen-bond donors (Lipinski definition) is 1. The van der Waals surface area contributed by atoms with Gasteiger partial charge in [-0.3, -0.25) is 0 Å². The second-order valence-electron chi connectivity index (χ2n) is 6.09. The van der Waals surface area contributed by atoms with Crippen LogP contribution in [0.1, 0.15) is 77.6 Å². The average molecular weight is 236 g/mol. The molecule has 1 fully saturated rings. The van der Waals surface area contributed by atoms with Crippen molar-refractivity contribution in [2.45, 2.75) is 83.2 Å². The molecular weight excluding hydrogens is 208 g/mol. The molecule has 0 aromatic carbocycles. The first-order valence-electron chi connectivity index (χ1n) is 7.66. The number of rotatable bonds is 3. The topological polar surface area (TPSA) is 20.2 Å². The highest BCUT2D eigenvalue weighted by molar-refractivity contribution is 5.19. The van der Waals surface area contributed by atoms with Crippen LogP contribution in [-0.4, -0.2) is 10.7 Å². The summed E-state index contributed by atoms with van der Waals surface area (Å²) >= 11 is 0. The third-order valence-electron chi connectivity index (χ3n) is 4.75. The van der Waals surface area contributed by atoms with Gasteiger partial charge in [0.15, 0.2) is 0 Å². The van der Waals surface area contributed by atoms with Gasteiger partial charge in [-0.2, -0.15) is 0 Å². The van der Waals surface area contributed by atoms with E-state index in [-0.39, 0.29) is 0 Å². The fourth-order valence-corrected chi connectivity index (χ4v) is 3.67. The zero-order valence-corrected chi connectivity index (χ0v) is 11.4. The Kier molecular flexibility index (Phi) is 4.67. The van der Waals surface area contributed by atoms with Crippen molar-refractivity contribution < 1.29 is 5.11 Å². The first-order valence-corrected chi connectivity index (χ1v) is 7.66. The van der Waals surface area contributed by atoms with Crippen LogP contribution in [0.5, 0.6) is 0 Å². The molecule has 1 nitrogen and oxygen atoms in total. The van der Waals surface area contributed by atoms with E-state index < -0.39 is 5.60 Å². The Morgan fingerprint density at radius 2 is 2.12 bits per heavy atom. The summed E-state index contributed by atoms with van der Waals surface area (Å²) in [5, 5.41) is 10.9. The smallest absolute Gasteiger partial charge is 0.0856 e.